The molecule has 3 unspecified atom stereocenters. The maximum absolute atomic E-state index is 3.90. The lowest BCUT2D eigenvalue weighted by Gasteiger charge is -2.46. The molecule has 3 atom stereocenters. The Labute approximate surface area is 119 Å². The normalized spacial score (nSPS) is 38.1. The number of rotatable bonds is 4. The molecule has 1 saturated heterocycles. The molecule has 19 heavy (non-hydrogen) atoms. The number of hydrogen-bond acceptors (Lipinski definition) is 2. The van der Waals surface area contributed by atoms with Crippen molar-refractivity contribution in [3.05, 3.63) is 0 Å². The van der Waals surface area contributed by atoms with Crippen molar-refractivity contribution in [3.8, 4) is 0 Å². The summed E-state index contributed by atoms with van der Waals surface area (Å²) in [6.45, 7) is 6.41. The molecule has 0 aromatic heterocycles. The highest BCUT2D eigenvalue weighted by atomic mass is 15.2. The molecule has 0 bridgehead atoms. The van der Waals surface area contributed by atoms with Crippen LogP contribution in [-0.4, -0.2) is 36.6 Å². The second-order valence-corrected chi connectivity index (χ2v) is 7.37. The van der Waals surface area contributed by atoms with Gasteiger partial charge in [-0.25, -0.2) is 0 Å². The third-order valence-electron chi connectivity index (χ3n) is 5.92. The maximum Gasteiger partial charge on any atom is 0.0195 e. The molecular weight excluding hydrogens is 232 g/mol. The minimum Gasteiger partial charge on any atom is -0.312 e. The maximum atomic E-state index is 3.90. The van der Waals surface area contributed by atoms with E-state index in [1.165, 1.54) is 77.4 Å². The molecule has 3 fully saturated rings. The van der Waals surface area contributed by atoms with E-state index < -0.39 is 0 Å². The molecule has 110 valence electrons. The first kappa shape index (κ1) is 13.9. The molecule has 0 amide bonds. The van der Waals surface area contributed by atoms with Crippen molar-refractivity contribution >= 4 is 0 Å². The molecule has 2 nitrogen and oxygen atoms in total. The van der Waals surface area contributed by atoms with Gasteiger partial charge in [0.2, 0.25) is 0 Å². The first-order valence-electron chi connectivity index (χ1n) is 8.80. The number of nitrogens with one attached hydrogen (secondary N) is 1. The first-order valence-corrected chi connectivity index (χ1v) is 8.80. The third kappa shape index (κ3) is 3.52. The molecule has 1 heterocycles. The molecule has 2 heteroatoms. The Hall–Kier alpha value is -0.0800. The first-order chi connectivity index (χ1) is 9.33. The van der Waals surface area contributed by atoms with E-state index in [2.05, 4.69) is 17.1 Å². The van der Waals surface area contributed by atoms with Gasteiger partial charge in [0.25, 0.3) is 0 Å². The van der Waals surface area contributed by atoms with Crippen LogP contribution in [-0.2, 0) is 0 Å². The number of hydrogen-bond donors (Lipinski definition) is 1. The van der Waals surface area contributed by atoms with Crippen LogP contribution >= 0.6 is 0 Å². The number of nitrogens with zero attached hydrogens (tertiary/aromatic N) is 1. The summed E-state index contributed by atoms with van der Waals surface area (Å²) in [6, 6.07) is 1.70. The number of piperidine rings is 1. The second kappa shape index (κ2) is 6.58. The van der Waals surface area contributed by atoms with Crippen LogP contribution in [0.1, 0.15) is 64.7 Å². The summed E-state index contributed by atoms with van der Waals surface area (Å²) in [7, 11) is 0. The lowest BCUT2D eigenvalue weighted by Crippen LogP contribution is -2.54. The van der Waals surface area contributed by atoms with Gasteiger partial charge in [-0.15, -0.1) is 0 Å². The molecule has 1 aliphatic heterocycles. The fraction of sp³-hybridized carbons (Fsp3) is 1.00. The number of likely N-dealkylation sites (tertiary alicyclic amines) is 1. The van der Waals surface area contributed by atoms with Crippen molar-refractivity contribution in [1.29, 1.82) is 0 Å². The summed E-state index contributed by atoms with van der Waals surface area (Å²) >= 11 is 0. The Morgan fingerprint density at radius 2 is 1.79 bits per heavy atom. The van der Waals surface area contributed by atoms with E-state index in [1.807, 2.05) is 0 Å². The minimum atomic E-state index is 0.781. The molecule has 0 spiro atoms. The fourth-order valence-corrected chi connectivity index (χ4v) is 4.39. The zero-order valence-electron chi connectivity index (χ0n) is 12.7. The largest absolute Gasteiger partial charge is 0.312 e. The molecule has 3 aliphatic rings. The van der Waals surface area contributed by atoms with Gasteiger partial charge in [-0.05, 0) is 63.5 Å². The molecule has 0 aromatic rings. The van der Waals surface area contributed by atoms with Crippen LogP contribution in [0.5, 0.6) is 0 Å². The van der Waals surface area contributed by atoms with Gasteiger partial charge >= 0.3 is 0 Å². The summed E-state index contributed by atoms with van der Waals surface area (Å²) in [4.78, 5) is 2.79. The van der Waals surface area contributed by atoms with E-state index in [0.717, 1.165) is 23.9 Å². The molecule has 2 saturated carbocycles. The lowest BCUT2D eigenvalue weighted by atomic mass is 9.79. The van der Waals surface area contributed by atoms with Crippen LogP contribution in [0, 0.1) is 11.8 Å². The predicted molar refractivity (Wildman–Crippen MR) is 81.4 cm³/mol. The van der Waals surface area contributed by atoms with Crippen LogP contribution in [0.25, 0.3) is 0 Å². The van der Waals surface area contributed by atoms with Gasteiger partial charge in [0.15, 0.2) is 0 Å². The van der Waals surface area contributed by atoms with E-state index in [4.69, 9.17) is 0 Å². The summed E-state index contributed by atoms with van der Waals surface area (Å²) in [5.74, 6) is 1.93. The van der Waals surface area contributed by atoms with Crippen LogP contribution in [0.4, 0.5) is 0 Å². The molecule has 0 radical (unpaired) electrons. The van der Waals surface area contributed by atoms with Crippen molar-refractivity contribution in [2.24, 2.45) is 11.8 Å². The van der Waals surface area contributed by atoms with Gasteiger partial charge in [0.05, 0.1) is 0 Å². The van der Waals surface area contributed by atoms with E-state index in [9.17, 15) is 0 Å². The average molecular weight is 264 g/mol. The third-order valence-corrected chi connectivity index (χ3v) is 5.92. The predicted octanol–water partition coefficient (Wildman–Crippen LogP) is 3.42. The molecule has 1 N–H and O–H groups in total. The Bertz CT molecular complexity index is 272. The highest BCUT2D eigenvalue weighted by Crippen LogP contribution is 2.33. The lowest BCUT2D eigenvalue weighted by molar-refractivity contribution is 0.0434. The van der Waals surface area contributed by atoms with Crippen LogP contribution in [0.2, 0.25) is 0 Å². The van der Waals surface area contributed by atoms with Crippen molar-refractivity contribution in [2.45, 2.75) is 76.8 Å². The van der Waals surface area contributed by atoms with E-state index in [0.29, 0.717) is 0 Å². The van der Waals surface area contributed by atoms with Crippen LogP contribution in [0.15, 0.2) is 0 Å². The Morgan fingerprint density at radius 3 is 2.47 bits per heavy atom. The molecular formula is C17H32N2. The standard InChI is InChI=1S/C17H32N2/c1-14-9-10-17(14)19-11-5-8-16(13-19)18-12-15-6-3-2-4-7-15/h14-18H,2-13H2,1H3. The van der Waals surface area contributed by atoms with Crippen molar-refractivity contribution in [2.75, 3.05) is 19.6 Å². The monoisotopic (exact) mass is 264 g/mol. The van der Waals surface area contributed by atoms with Gasteiger partial charge in [0.1, 0.15) is 0 Å². The zero-order valence-corrected chi connectivity index (χ0v) is 12.7. The van der Waals surface area contributed by atoms with Gasteiger partial charge in [-0.1, -0.05) is 26.2 Å². The summed E-state index contributed by atoms with van der Waals surface area (Å²) in [5.41, 5.74) is 0. The zero-order chi connectivity index (χ0) is 13.1. The van der Waals surface area contributed by atoms with Crippen LogP contribution in [0.3, 0.4) is 0 Å². The van der Waals surface area contributed by atoms with Gasteiger partial charge in [0, 0.05) is 18.6 Å². The van der Waals surface area contributed by atoms with Crippen molar-refractivity contribution in [1.82, 2.24) is 10.2 Å². The van der Waals surface area contributed by atoms with E-state index in [-0.39, 0.29) is 0 Å². The molecule has 0 aromatic carbocycles. The average Bonchev–Trinajstić information content (AvgIpc) is 2.45. The fourth-order valence-electron chi connectivity index (χ4n) is 4.39. The Kier molecular flexibility index (Phi) is 4.81. The SMILES string of the molecule is CC1CCC1N1CCCC(NCC2CCCCC2)C1. The molecule has 2 aliphatic carbocycles. The molecule has 3 rings (SSSR count). The van der Waals surface area contributed by atoms with E-state index in [1.54, 1.807) is 0 Å². The second-order valence-electron chi connectivity index (χ2n) is 7.37. The van der Waals surface area contributed by atoms with Crippen molar-refractivity contribution in [3.63, 3.8) is 0 Å². The highest BCUT2D eigenvalue weighted by molar-refractivity contribution is 4.90. The quantitative estimate of drug-likeness (QED) is 0.837. The minimum absolute atomic E-state index is 0.781. The van der Waals surface area contributed by atoms with Crippen LogP contribution < -0.4 is 5.32 Å². The Morgan fingerprint density at radius 1 is 0.947 bits per heavy atom. The summed E-state index contributed by atoms with van der Waals surface area (Å²) < 4.78 is 0. The summed E-state index contributed by atoms with van der Waals surface area (Å²) in [5, 5.41) is 3.90. The highest BCUT2D eigenvalue weighted by Gasteiger charge is 2.34. The Balaban J connectivity index is 1.40. The van der Waals surface area contributed by atoms with Gasteiger partial charge < -0.3 is 5.32 Å². The van der Waals surface area contributed by atoms with Crippen molar-refractivity contribution < 1.29 is 0 Å². The topological polar surface area (TPSA) is 15.3 Å². The van der Waals surface area contributed by atoms with Gasteiger partial charge in [-0.3, -0.25) is 4.90 Å². The smallest absolute Gasteiger partial charge is 0.0195 e. The van der Waals surface area contributed by atoms with Gasteiger partial charge in [-0.2, -0.15) is 0 Å². The van der Waals surface area contributed by atoms with E-state index >= 15 is 0 Å². The summed E-state index contributed by atoms with van der Waals surface area (Å²) in [6.07, 6.45) is 13.1.